The summed E-state index contributed by atoms with van der Waals surface area (Å²) in [4.78, 5) is 12.1. The van der Waals surface area contributed by atoms with E-state index in [9.17, 15) is 23.1 Å². The van der Waals surface area contributed by atoms with E-state index in [2.05, 4.69) is 5.32 Å². The van der Waals surface area contributed by atoms with Crippen molar-refractivity contribution in [3.05, 3.63) is 59.5 Å². The maximum absolute atomic E-state index is 12.9. The Kier molecular flexibility index (Phi) is 5.10. The molecule has 2 unspecified atom stereocenters. The van der Waals surface area contributed by atoms with E-state index in [1.807, 2.05) is 0 Å². The van der Waals surface area contributed by atoms with Crippen molar-refractivity contribution in [2.45, 2.75) is 31.7 Å². The zero-order chi connectivity index (χ0) is 17.0. The van der Waals surface area contributed by atoms with Gasteiger partial charge in [0.25, 0.3) is 5.91 Å². The Labute approximate surface area is 130 Å². The molecule has 1 amide bonds. The SMILES string of the molecule is CC(CC(O)c1ccco1)NC(=O)c1ccccc1C(F)(F)F. The summed E-state index contributed by atoms with van der Waals surface area (Å²) in [6, 6.07) is 7.23. The summed E-state index contributed by atoms with van der Waals surface area (Å²) >= 11 is 0. The van der Waals surface area contributed by atoms with E-state index in [1.54, 1.807) is 19.1 Å². The fourth-order valence-corrected chi connectivity index (χ4v) is 2.22. The molecule has 0 radical (unpaired) electrons. The van der Waals surface area contributed by atoms with Gasteiger partial charge >= 0.3 is 6.18 Å². The number of alkyl halides is 3. The lowest BCUT2D eigenvalue weighted by Crippen LogP contribution is -2.35. The Bertz CT molecular complexity index is 653. The predicted molar refractivity (Wildman–Crippen MR) is 76.7 cm³/mol. The number of benzene rings is 1. The third kappa shape index (κ3) is 4.35. The summed E-state index contributed by atoms with van der Waals surface area (Å²) in [6.45, 7) is 1.60. The quantitative estimate of drug-likeness (QED) is 0.883. The van der Waals surface area contributed by atoms with Crippen molar-refractivity contribution in [1.82, 2.24) is 5.32 Å². The summed E-state index contributed by atoms with van der Waals surface area (Å²) in [5.41, 5.74) is -1.43. The molecule has 2 aromatic rings. The molecule has 4 nitrogen and oxygen atoms in total. The second-order valence-corrected chi connectivity index (χ2v) is 5.18. The van der Waals surface area contributed by atoms with Crippen LogP contribution in [0.3, 0.4) is 0 Å². The van der Waals surface area contributed by atoms with Crippen LogP contribution in [0, 0.1) is 0 Å². The number of hydrogen-bond acceptors (Lipinski definition) is 3. The highest BCUT2D eigenvalue weighted by molar-refractivity contribution is 5.96. The Morgan fingerprint density at radius 1 is 1.26 bits per heavy atom. The lowest BCUT2D eigenvalue weighted by Gasteiger charge is -2.18. The topological polar surface area (TPSA) is 62.5 Å². The van der Waals surface area contributed by atoms with Crippen LogP contribution in [-0.4, -0.2) is 17.1 Å². The molecule has 2 rings (SSSR count). The van der Waals surface area contributed by atoms with Gasteiger partial charge in [0, 0.05) is 12.5 Å². The van der Waals surface area contributed by atoms with Crippen LogP contribution < -0.4 is 5.32 Å². The first-order chi connectivity index (χ1) is 10.8. The fraction of sp³-hybridized carbons (Fsp3) is 0.312. The molecule has 0 fully saturated rings. The van der Waals surface area contributed by atoms with Crippen LogP contribution in [0.4, 0.5) is 13.2 Å². The molecule has 124 valence electrons. The van der Waals surface area contributed by atoms with E-state index in [0.717, 1.165) is 12.1 Å². The van der Waals surface area contributed by atoms with Crippen LogP contribution in [0.25, 0.3) is 0 Å². The Balaban J connectivity index is 2.05. The van der Waals surface area contributed by atoms with Crippen molar-refractivity contribution in [2.24, 2.45) is 0 Å². The molecule has 0 aliphatic rings. The summed E-state index contributed by atoms with van der Waals surface area (Å²) in [6.07, 6.45) is -4.03. The number of halogens is 3. The number of aliphatic hydroxyl groups is 1. The Morgan fingerprint density at radius 3 is 2.57 bits per heavy atom. The first-order valence-electron chi connectivity index (χ1n) is 6.97. The molecule has 1 aromatic heterocycles. The van der Waals surface area contributed by atoms with Crippen LogP contribution in [0.15, 0.2) is 47.1 Å². The van der Waals surface area contributed by atoms with Gasteiger partial charge in [-0.3, -0.25) is 4.79 Å². The average Bonchev–Trinajstić information content (AvgIpc) is 3.00. The van der Waals surface area contributed by atoms with E-state index in [1.165, 1.54) is 18.4 Å². The normalized spacial score (nSPS) is 14.3. The average molecular weight is 327 g/mol. The molecule has 1 aromatic carbocycles. The Morgan fingerprint density at radius 2 is 1.96 bits per heavy atom. The van der Waals surface area contributed by atoms with Gasteiger partial charge in [-0.25, -0.2) is 0 Å². The summed E-state index contributed by atoms with van der Waals surface area (Å²) < 4.78 is 43.8. The van der Waals surface area contributed by atoms with Crippen molar-refractivity contribution in [3.63, 3.8) is 0 Å². The summed E-state index contributed by atoms with van der Waals surface area (Å²) in [5, 5.41) is 12.4. The molecule has 23 heavy (non-hydrogen) atoms. The van der Waals surface area contributed by atoms with Crippen molar-refractivity contribution < 1.29 is 27.5 Å². The van der Waals surface area contributed by atoms with Crippen molar-refractivity contribution in [2.75, 3.05) is 0 Å². The first kappa shape index (κ1) is 17.1. The lowest BCUT2D eigenvalue weighted by molar-refractivity contribution is -0.137. The number of rotatable bonds is 5. The van der Waals surface area contributed by atoms with Crippen molar-refractivity contribution in [1.29, 1.82) is 0 Å². The molecule has 0 saturated carbocycles. The van der Waals surface area contributed by atoms with Gasteiger partial charge in [-0.2, -0.15) is 13.2 Å². The van der Waals surface area contributed by atoms with E-state index >= 15 is 0 Å². The first-order valence-corrected chi connectivity index (χ1v) is 6.97. The highest BCUT2D eigenvalue weighted by Crippen LogP contribution is 2.31. The molecule has 0 aliphatic heterocycles. The summed E-state index contributed by atoms with van der Waals surface area (Å²) in [7, 11) is 0. The van der Waals surface area contributed by atoms with Crippen molar-refractivity contribution >= 4 is 5.91 Å². The van der Waals surface area contributed by atoms with E-state index in [4.69, 9.17) is 4.42 Å². The van der Waals surface area contributed by atoms with Gasteiger partial charge in [-0.1, -0.05) is 12.1 Å². The van der Waals surface area contributed by atoms with Gasteiger partial charge in [0.05, 0.1) is 17.4 Å². The smallest absolute Gasteiger partial charge is 0.417 e. The molecule has 0 saturated heterocycles. The van der Waals surface area contributed by atoms with Gasteiger partial charge in [0.1, 0.15) is 11.9 Å². The molecule has 2 atom stereocenters. The highest BCUT2D eigenvalue weighted by Gasteiger charge is 2.35. The van der Waals surface area contributed by atoms with Crippen LogP contribution in [0.5, 0.6) is 0 Å². The molecule has 0 aliphatic carbocycles. The Hall–Kier alpha value is -2.28. The van der Waals surface area contributed by atoms with Gasteiger partial charge in [0.15, 0.2) is 0 Å². The van der Waals surface area contributed by atoms with Crippen LogP contribution in [0.2, 0.25) is 0 Å². The third-order valence-electron chi connectivity index (χ3n) is 3.30. The molecule has 7 heteroatoms. The predicted octanol–water partition coefficient (Wildman–Crippen LogP) is 3.54. The zero-order valence-electron chi connectivity index (χ0n) is 12.3. The minimum Gasteiger partial charge on any atom is -0.467 e. The lowest BCUT2D eigenvalue weighted by atomic mass is 10.0. The number of aliphatic hydroxyl groups excluding tert-OH is 1. The maximum Gasteiger partial charge on any atom is 0.417 e. The molecule has 0 spiro atoms. The molecule has 1 heterocycles. The number of nitrogens with one attached hydrogen (secondary N) is 1. The molecular formula is C16H16F3NO3. The zero-order valence-corrected chi connectivity index (χ0v) is 12.3. The van der Waals surface area contributed by atoms with Gasteiger partial charge in [0.2, 0.25) is 0 Å². The van der Waals surface area contributed by atoms with Gasteiger partial charge in [-0.15, -0.1) is 0 Å². The monoisotopic (exact) mass is 327 g/mol. The second-order valence-electron chi connectivity index (χ2n) is 5.18. The number of amides is 1. The fourth-order valence-electron chi connectivity index (χ4n) is 2.22. The largest absolute Gasteiger partial charge is 0.467 e. The second kappa shape index (κ2) is 6.87. The standard InChI is InChI=1S/C16H16F3NO3/c1-10(9-13(21)14-7-4-8-23-14)20-15(22)11-5-2-3-6-12(11)16(17,18)19/h2-8,10,13,21H,9H2,1H3,(H,20,22). The molecule has 0 bridgehead atoms. The van der Waals surface area contributed by atoms with Gasteiger partial charge < -0.3 is 14.8 Å². The minimum absolute atomic E-state index is 0.118. The number of furan rings is 1. The molecular weight excluding hydrogens is 311 g/mol. The highest BCUT2D eigenvalue weighted by atomic mass is 19.4. The maximum atomic E-state index is 12.9. The van der Waals surface area contributed by atoms with E-state index in [0.29, 0.717) is 5.76 Å². The molecule has 2 N–H and O–H groups in total. The van der Waals surface area contributed by atoms with Crippen LogP contribution >= 0.6 is 0 Å². The van der Waals surface area contributed by atoms with Crippen LogP contribution in [-0.2, 0) is 6.18 Å². The van der Waals surface area contributed by atoms with Gasteiger partial charge in [-0.05, 0) is 31.2 Å². The number of hydrogen-bond donors (Lipinski definition) is 2. The summed E-state index contributed by atoms with van der Waals surface area (Å²) in [5.74, 6) is -0.501. The third-order valence-corrected chi connectivity index (χ3v) is 3.30. The number of carbonyl (C=O) groups excluding carboxylic acids is 1. The van der Waals surface area contributed by atoms with E-state index < -0.39 is 35.4 Å². The van der Waals surface area contributed by atoms with Crippen molar-refractivity contribution in [3.8, 4) is 0 Å². The van der Waals surface area contributed by atoms with E-state index in [-0.39, 0.29) is 6.42 Å². The van der Waals surface area contributed by atoms with Crippen LogP contribution in [0.1, 0.15) is 41.1 Å². The number of carbonyl (C=O) groups is 1. The minimum atomic E-state index is -4.61.